The van der Waals surface area contributed by atoms with Crippen LogP contribution in [0.4, 0.5) is 5.69 Å². The molecule has 184 valence electrons. The van der Waals surface area contributed by atoms with Gasteiger partial charge in [-0.3, -0.25) is 9.10 Å². The van der Waals surface area contributed by atoms with Crippen molar-refractivity contribution < 1.29 is 18.3 Å². The highest BCUT2D eigenvalue weighted by atomic mass is 35.5. The van der Waals surface area contributed by atoms with Crippen LogP contribution in [0.25, 0.3) is 10.8 Å². The molecule has 10 heteroatoms. The predicted molar refractivity (Wildman–Crippen MR) is 145 cm³/mol. The number of hydrogen-bond acceptors (Lipinski definition) is 5. The second kappa shape index (κ2) is 10.6. The fourth-order valence-corrected chi connectivity index (χ4v) is 4.97. The van der Waals surface area contributed by atoms with E-state index in [2.05, 4.69) is 10.5 Å². The Kier molecular flexibility index (Phi) is 7.49. The van der Waals surface area contributed by atoms with Crippen molar-refractivity contribution in [3.63, 3.8) is 0 Å². The topological polar surface area (TPSA) is 99.1 Å². The average Bonchev–Trinajstić information content (AvgIpc) is 2.85. The lowest BCUT2D eigenvalue weighted by Gasteiger charge is -2.24. The van der Waals surface area contributed by atoms with Gasteiger partial charge in [0, 0.05) is 11.1 Å². The van der Waals surface area contributed by atoms with E-state index >= 15 is 0 Å². The third-order valence-corrected chi connectivity index (χ3v) is 7.39. The highest BCUT2D eigenvalue weighted by molar-refractivity contribution is 7.92. The summed E-state index contributed by atoms with van der Waals surface area (Å²) in [6, 6.07) is 22.1. The predicted octanol–water partition coefficient (Wildman–Crippen LogP) is 5.58. The number of nitrogens with one attached hydrogen (secondary N) is 1. The van der Waals surface area contributed by atoms with Gasteiger partial charge in [0.05, 0.1) is 34.7 Å². The molecule has 0 saturated carbocycles. The number of hydrazone groups is 1. The summed E-state index contributed by atoms with van der Waals surface area (Å²) >= 11 is 12.3. The Labute approximate surface area is 218 Å². The number of phenols is 1. The Hall–Kier alpha value is -3.59. The number of carbonyl (C=O) groups excluding carboxylic acids is 1. The molecule has 2 N–H and O–H groups in total. The van der Waals surface area contributed by atoms with Gasteiger partial charge < -0.3 is 5.11 Å². The summed E-state index contributed by atoms with van der Waals surface area (Å²) in [6.07, 6.45) is 2.47. The van der Waals surface area contributed by atoms with Crippen LogP contribution in [0.15, 0.2) is 84.0 Å². The van der Waals surface area contributed by atoms with Gasteiger partial charge in [0.25, 0.3) is 5.91 Å². The van der Waals surface area contributed by atoms with E-state index in [-0.39, 0.29) is 28.0 Å². The van der Waals surface area contributed by atoms with E-state index in [9.17, 15) is 18.3 Å². The zero-order chi connectivity index (χ0) is 25.9. The molecule has 4 aromatic rings. The molecule has 0 bridgehead atoms. The molecule has 0 aliphatic rings. The van der Waals surface area contributed by atoms with E-state index < -0.39 is 15.9 Å². The second-order valence-corrected chi connectivity index (χ2v) is 10.7. The van der Waals surface area contributed by atoms with E-state index in [1.54, 1.807) is 54.6 Å². The van der Waals surface area contributed by atoms with Crippen LogP contribution < -0.4 is 9.73 Å². The maximum absolute atomic E-state index is 12.6. The third-order valence-electron chi connectivity index (χ3n) is 5.45. The Bertz CT molecular complexity index is 1570. The largest absolute Gasteiger partial charge is 0.507 e. The molecule has 7 nitrogen and oxygen atoms in total. The minimum Gasteiger partial charge on any atom is -0.507 e. The number of aromatic hydroxyl groups is 1. The van der Waals surface area contributed by atoms with Crippen molar-refractivity contribution in [3.05, 3.63) is 106 Å². The van der Waals surface area contributed by atoms with Crippen LogP contribution in [-0.2, 0) is 16.6 Å². The van der Waals surface area contributed by atoms with Crippen LogP contribution in [0.2, 0.25) is 10.0 Å². The number of rotatable bonds is 7. The number of nitrogens with zero attached hydrogens (tertiary/aromatic N) is 2. The minimum atomic E-state index is -3.67. The Morgan fingerprint density at radius 2 is 1.72 bits per heavy atom. The summed E-state index contributed by atoms with van der Waals surface area (Å²) in [5.74, 6) is -0.415. The second-order valence-electron chi connectivity index (χ2n) is 7.96. The maximum Gasteiger partial charge on any atom is 0.271 e. The maximum atomic E-state index is 12.6. The molecular weight excluding hydrogens is 521 g/mol. The van der Waals surface area contributed by atoms with Crippen LogP contribution in [0.1, 0.15) is 21.5 Å². The highest BCUT2D eigenvalue weighted by Crippen LogP contribution is 2.34. The molecule has 0 aliphatic heterocycles. The molecule has 0 heterocycles. The molecule has 0 radical (unpaired) electrons. The minimum absolute atomic E-state index is 0.000689. The van der Waals surface area contributed by atoms with Crippen LogP contribution in [0, 0.1) is 0 Å². The van der Waals surface area contributed by atoms with E-state index in [0.29, 0.717) is 16.7 Å². The lowest BCUT2D eigenvalue weighted by atomic mass is 10.0. The fourth-order valence-electron chi connectivity index (χ4n) is 3.63. The smallest absolute Gasteiger partial charge is 0.271 e. The van der Waals surface area contributed by atoms with Crippen LogP contribution >= 0.6 is 23.2 Å². The van der Waals surface area contributed by atoms with Crippen molar-refractivity contribution >= 4 is 61.8 Å². The van der Waals surface area contributed by atoms with Gasteiger partial charge in [-0.1, -0.05) is 71.7 Å². The van der Waals surface area contributed by atoms with Gasteiger partial charge in [-0.05, 0) is 46.7 Å². The van der Waals surface area contributed by atoms with Crippen LogP contribution in [0.5, 0.6) is 5.75 Å². The quantitative estimate of drug-likeness (QED) is 0.235. The number of sulfonamides is 1. The van der Waals surface area contributed by atoms with Crippen molar-refractivity contribution in [1.82, 2.24) is 5.43 Å². The number of hydrogen-bond donors (Lipinski definition) is 2. The van der Waals surface area contributed by atoms with E-state index in [4.69, 9.17) is 23.2 Å². The zero-order valence-corrected chi connectivity index (χ0v) is 21.3. The van der Waals surface area contributed by atoms with Gasteiger partial charge in [-0.15, -0.1) is 0 Å². The van der Waals surface area contributed by atoms with Crippen molar-refractivity contribution in [2.75, 3.05) is 10.6 Å². The summed E-state index contributed by atoms with van der Waals surface area (Å²) in [4.78, 5) is 12.6. The Balaban J connectivity index is 1.49. The molecule has 0 atom stereocenters. The van der Waals surface area contributed by atoms with Crippen molar-refractivity contribution in [1.29, 1.82) is 0 Å². The summed E-state index contributed by atoms with van der Waals surface area (Å²) in [5, 5.41) is 16.3. The summed E-state index contributed by atoms with van der Waals surface area (Å²) in [5.41, 5.74) is 4.16. The number of halogens is 2. The van der Waals surface area contributed by atoms with E-state index in [0.717, 1.165) is 21.3 Å². The van der Waals surface area contributed by atoms with Gasteiger partial charge in [0.2, 0.25) is 10.0 Å². The molecule has 4 aromatic carbocycles. The first-order valence-corrected chi connectivity index (χ1v) is 13.3. The number of anilines is 1. The molecule has 1 amide bonds. The van der Waals surface area contributed by atoms with Crippen LogP contribution in [0.3, 0.4) is 0 Å². The first-order chi connectivity index (χ1) is 17.1. The fraction of sp³-hybridized carbons (Fsp3) is 0.0769. The van der Waals surface area contributed by atoms with Crippen molar-refractivity contribution in [2.45, 2.75) is 6.54 Å². The molecule has 0 fully saturated rings. The first kappa shape index (κ1) is 25.5. The summed E-state index contributed by atoms with van der Waals surface area (Å²) in [7, 11) is -3.67. The van der Waals surface area contributed by atoms with Gasteiger partial charge in [0.1, 0.15) is 5.75 Å². The molecule has 0 saturated heterocycles. The van der Waals surface area contributed by atoms with Gasteiger partial charge in [0.15, 0.2) is 0 Å². The molecule has 0 aromatic heterocycles. The number of carbonyl (C=O) groups is 1. The monoisotopic (exact) mass is 541 g/mol. The summed E-state index contributed by atoms with van der Waals surface area (Å²) in [6.45, 7) is -0.000689. The van der Waals surface area contributed by atoms with Gasteiger partial charge >= 0.3 is 0 Å². The number of phenolic OH excluding ortho intramolecular Hbond substituents is 1. The summed E-state index contributed by atoms with van der Waals surface area (Å²) < 4.78 is 26.0. The number of amides is 1. The Morgan fingerprint density at radius 1 is 1.00 bits per heavy atom. The van der Waals surface area contributed by atoms with Gasteiger partial charge in [-0.25, -0.2) is 13.8 Å². The third kappa shape index (κ3) is 5.62. The Morgan fingerprint density at radius 3 is 2.44 bits per heavy atom. The molecule has 4 rings (SSSR count). The van der Waals surface area contributed by atoms with Gasteiger partial charge in [-0.2, -0.15) is 5.10 Å². The molecule has 0 unspecified atom stereocenters. The first-order valence-electron chi connectivity index (χ1n) is 10.7. The molecule has 0 spiro atoms. The lowest BCUT2D eigenvalue weighted by Crippen LogP contribution is -2.29. The lowest BCUT2D eigenvalue weighted by molar-refractivity contribution is 0.0955. The standard InChI is InChI=1S/C26H21Cl2N3O4S/c1-36(34,35)31(23-8-4-7-22(27)25(23)28)16-17-9-11-19(12-10-17)26(33)30-29-15-21-20-6-3-2-5-18(20)13-14-24(21)32/h2-15,32H,16H2,1H3,(H,30,33). The number of fused-ring (bicyclic) bond motifs is 1. The van der Waals surface area contributed by atoms with Crippen molar-refractivity contribution in [3.8, 4) is 5.75 Å². The normalized spacial score (nSPS) is 11.6. The molecular formula is C26H21Cl2N3O4S. The zero-order valence-electron chi connectivity index (χ0n) is 19.0. The molecule has 36 heavy (non-hydrogen) atoms. The van der Waals surface area contributed by atoms with E-state index in [1.165, 1.54) is 6.21 Å². The number of benzene rings is 4. The highest BCUT2D eigenvalue weighted by Gasteiger charge is 2.21. The van der Waals surface area contributed by atoms with Crippen molar-refractivity contribution in [2.24, 2.45) is 5.10 Å². The van der Waals surface area contributed by atoms with Crippen LogP contribution in [-0.4, -0.2) is 31.9 Å². The average molecular weight is 542 g/mol. The molecule has 0 aliphatic carbocycles. The van der Waals surface area contributed by atoms with E-state index in [1.807, 2.05) is 24.3 Å². The SMILES string of the molecule is CS(=O)(=O)N(Cc1ccc(C(=O)NN=Cc2c(O)ccc3ccccc23)cc1)c1cccc(Cl)c1Cl.